The molecule has 2 rings (SSSR count). The Morgan fingerprint density at radius 3 is 2.59 bits per heavy atom. The molecular formula is C11H14F3N3. The molecule has 0 unspecified atom stereocenters. The fraction of sp³-hybridized carbons (Fsp3) is 0.636. The van der Waals surface area contributed by atoms with Gasteiger partial charge in [-0.3, -0.25) is 0 Å². The topological polar surface area (TPSA) is 37.8 Å². The third-order valence-corrected chi connectivity index (χ3v) is 3.31. The lowest BCUT2D eigenvalue weighted by Gasteiger charge is -2.42. The van der Waals surface area contributed by atoms with Crippen molar-refractivity contribution < 1.29 is 13.2 Å². The molecule has 0 amide bonds. The lowest BCUT2D eigenvalue weighted by Crippen LogP contribution is -2.44. The minimum Gasteiger partial charge on any atom is -0.349 e. The maximum atomic E-state index is 12.5. The Bertz CT molecular complexity index is 394. The quantitative estimate of drug-likeness (QED) is 0.888. The predicted molar refractivity (Wildman–Crippen MR) is 57.5 cm³/mol. The Hall–Kier alpha value is -1.33. The van der Waals surface area contributed by atoms with Crippen molar-refractivity contribution in [2.24, 2.45) is 0 Å². The largest absolute Gasteiger partial charge is 0.433 e. The van der Waals surface area contributed by atoms with Gasteiger partial charge in [-0.1, -0.05) is 6.92 Å². The molecule has 1 fully saturated rings. The van der Waals surface area contributed by atoms with E-state index < -0.39 is 11.9 Å². The van der Waals surface area contributed by atoms with Gasteiger partial charge in [-0.15, -0.1) is 0 Å². The van der Waals surface area contributed by atoms with E-state index in [0.29, 0.717) is 0 Å². The van der Waals surface area contributed by atoms with Gasteiger partial charge in [0, 0.05) is 11.7 Å². The second-order valence-corrected chi connectivity index (χ2v) is 4.38. The van der Waals surface area contributed by atoms with Crippen molar-refractivity contribution in [3.05, 3.63) is 18.0 Å². The van der Waals surface area contributed by atoms with Crippen LogP contribution in [0.15, 0.2) is 12.3 Å². The molecule has 0 saturated heterocycles. The smallest absolute Gasteiger partial charge is 0.349 e. The molecule has 1 aliphatic carbocycles. The van der Waals surface area contributed by atoms with Crippen LogP contribution in [0.3, 0.4) is 0 Å². The molecule has 0 atom stereocenters. The van der Waals surface area contributed by atoms with E-state index in [1.54, 1.807) is 0 Å². The predicted octanol–water partition coefficient (Wildman–Crippen LogP) is 3.24. The van der Waals surface area contributed by atoms with Crippen molar-refractivity contribution in [1.82, 2.24) is 9.97 Å². The summed E-state index contributed by atoms with van der Waals surface area (Å²) in [4.78, 5) is 7.36. The number of anilines is 1. The normalized spacial score (nSPS) is 18.6. The minimum absolute atomic E-state index is 0.0707. The Kier molecular flexibility index (Phi) is 2.97. The van der Waals surface area contributed by atoms with Crippen LogP contribution in [0.25, 0.3) is 0 Å². The summed E-state index contributed by atoms with van der Waals surface area (Å²) in [6, 6.07) is 0.880. The van der Waals surface area contributed by atoms with Gasteiger partial charge < -0.3 is 5.32 Å². The van der Waals surface area contributed by atoms with Crippen LogP contribution >= 0.6 is 0 Å². The first-order chi connectivity index (χ1) is 7.95. The second-order valence-electron chi connectivity index (χ2n) is 4.38. The van der Waals surface area contributed by atoms with Crippen molar-refractivity contribution in [3.8, 4) is 0 Å². The van der Waals surface area contributed by atoms with E-state index in [1.165, 1.54) is 0 Å². The van der Waals surface area contributed by atoms with Gasteiger partial charge in [-0.25, -0.2) is 9.97 Å². The van der Waals surface area contributed by atoms with Gasteiger partial charge in [0.25, 0.3) is 0 Å². The maximum Gasteiger partial charge on any atom is 0.433 e. The first-order valence-electron chi connectivity index (χ1n) is 5.64. The van der Waals surface area contributed by atoms with Gasteiger partial charge in [0.2, 0.25) is 5.95 Å². The van der Waals surface area contributed by atoms with E-state index in [1.807, 2.05) is 6.92 Å². The first-order valence-corrected chi connectivity index (χ1v) is 5.64. The summed E-state index contributed by atoms with van der Waals surface area (Å²) >= 11 is 0. The Morgan fingerprint density at radius 2 is 2.12 bits per heavy atom. The summed E-state index contributed by atoms with van der Waals surface area (Å²) in [6.07, 6.45) is 0.608. The molecule has 1 heterocycles. The average molecular weight is 245 g/mol. The molecule has 1 N–H and O–H groups in total. The van der Waals surface area contributed by atoms with E-state index in [2.05, 4.69) is 15.3 Å². The van der Waals surface area contributed by atoms with Gasteiger partial charge in [0.1, 0.15) is 5.69 Å². The molecule has 0 aromatic carbocycles. The molecule has 17 heavy (non-hydrogen) atoms. The Labute approximate surface area is 97.5 Å². The molecule has 0 spiro atoms. The monoisotopic (exact) mass is 245 g/mol. The fourth-order valence-electron chi connectivity index (χ4n) is 1.98. The summed E-state index contributed by atoms with van der Waals surface area (Å²) < 4.78 is 37.4. The zero-order valence-electron chi connectivity index (χ0n) is 9.51. The highest BCUT2D eigenvalue weighted by atomic mass is 19.4. The molecule has 0 aliphatic heterocycles. The third kappa shape index (κ3) is 2.50. The highest BCUT2D eigenvalue weighted by Gasteiger charge is 2.37. The minimum atomic E-state index is -4.42. The second kappa shape index (κ2) is 4.16. The van der Waals surface area contributed by atoms with E-state index in [0.717, 1.165) is 37.9 Å². The number of aromatic nitrogens is 2. The lowest BCUT2D eigenvalue weighted by molar-refractivity contribution is -0.141. The Balaban J connectivity index is 2.17. The van der Waals surface area contributed by atoms with E-state index in [-0.39, 0.29) is 11.5 Å². The molecule has 1 aromatic rings. The Morgan fingerprint density at radius 1 is 1.41 bits per heavy atom. The average Bonchev–Trinajstić information content (AvgIpc) is 2.23. The number of alkyl halides is 3. The summed E-state index contributed by atoms with van der Waals surface area (Å²) in [5, 5.41) is 3.03. The standard InChI is InChI=1S/C11H14F3N3/c1-2-10(5-3-6-10)17-9-15-7-4-8(16-9)11(12,13)14/h4,7H,2-3,5-6H2,1H3,(H,15,16,17). The van der Waals surface area contributed by atoms with Gasteiger partial charge in [-0.05, 0) is 31.7 Å². The molecule has 0 radical (unpaired) electrons. The van der Waals surface area contributed by atoms with E-state index in [4.69, 9.17) is 0 Å². The number of hydrogen-bond donors (Lipinski definition) is 1. The molecular weight excluding hydrogens is 231 g/mol. The summed E-state index contributed by atoms with van der Waals surface area (Å²) in [7, 11) is 0. The summed E-state index contributed by atoms with van der Waals surface area (Å²) in [5.41, 5.74) is -1.01. The van der Waals surface area contributed by atoms with Crippen molar-refractivity contribution >= 4 is 5.95 Å². The van der Waals surface area contributed by atoms with Crippen molar-refractivity contribution in [2.45, 2.75) is 44.3 Å². The highest BCUT2D eigenvalue weighted by molar-refractivity contribution is 5.32. The SMILES string of the molecule is CCC1(Nc2nccc(C(F)(F)F)n2)CCC1. The zero-order valence-corrected chi connectivity index (χ0v) is 9.51. The maximum absolute atomic E-state index is 12.5. The van der Waals surface area contributed by atoms with Gasteiger partial charge in [0.15, 0.2) is 0 Å². The van der Waals surface area contributed by atoms with Crippen molar-refractivity contribution in [2.75, 3.05) is 5.32 Å². The van der Waals surface area contributed by atoms with Gasteiger partial charge in [-0.2, -0.15) is 13.2 Å². The van der Waals surface area contributed by atoms with E-state index in [9.17, 15) is 13.2 Å². The highest BCUT2D eigenvalue weighted by Crippen LogP contribution is 2.37. The van der Waals surface area contributed by atoms with Crippen LogP contribution in [0.4, 0.5) is 19.1 Å². The lowest BCUT2D eigenvalue weighted by atomic mass is 9.75. The number of halogens is 3. The first kappa shape index (κ1) is 12.1. The number of nitrogens with one attached hydrogen (secondary N) is 1. The molecule has 94 valence electrons. The van der Waals surface area contributed by atoms with Gasteiger partial charge >= 0.3 is 6.18 Å². The number of nitrogens with zero attached hydrogens (tertiary/aromatic N) is 2. The summed E-state index contributed by atoms with van der Waals surface area (Å²) in [5.74, 6) is 0.0707. The van der Waals surface area contributed by atoms with Crippen molar-refractivity contribution in [3.63, 3.8) is 0 Å². The molecule has 1 aliphatic rings. The van der Waals surface area contributed by atoms with Crippen LogP contribution in [0.5, 0.6) is 0 Å². The van der Waals surface area contributed by atoms with Crippen LogP contribution in [0.2, 0.25) is 0 Å². The van der Waals surface area contributed by atoms with Gasteiger partial charge in [0.05, 0.1) is 0 Å². The van der Waals surface area contributed by atoms with Crippen LogP contribution in [0.1, 0.15) is 38.3 Å². The molecule has 1 saturated carbocycles. The molecule has 6 heteroatoms. The molecule has 3 nitrogen and oxygen atoms in total. The number of hydrogen-bond acceptors (Lipinski definition) is 3. The van der Waals surface area contributed by atoms with Crippen LogP contribution < -0.4 is 5.32 Å². The molecule has 0 bridgehead atoms. The van der Waals surface area contributed by atoms with Crippen LogP contribution in [0, 0.1) is 0 Å². The number of rotatable bonds is 3. The van der Waals surface area contributed by atoms with Crippen LogP contribution in [-0.2, 0) is 6.18 Å². The zero-order chi connectivity index (χ0) is 12.5. The fourth-order valence-corrected chi connectivity index (χ4v) is 1.98. The van der Waals surface area contributed by atoms with Crippen molar-refractivity contribution in [1.29, 1.82) is 0 Å². The molecule has 1 aromatic heterocycles. The van der Waals surface area contributed by atoms with E-state index >= 15 is 0 Å². The summed E-state index contributed by atoms with van der Waals surface area (Å²) in [6.45, 7) is 2.01. The third-order valence-electron chi connectivity index (χ3n) is 3.31. The van der Waals surface area contributed by atoms with Crippen LogP contribution in [-0.4, -0.2) is 15.5 Å².